The van der Waals surface area contributed by atoms with Gasteiger partial charge in [-0.25, -0.2) is 4.98 Å². The van der Waals surface area contributed by atoms with Gasteiger partial charge in [0.25, 0.3) is 11.5 Å². The first-order chi connectivity index (χ1) is 16.0. The zero-order valence-corrected chi connectivity index (χ0v) is 18.5. The third-order valence-corrected chi connectivity index (χ3v) is 6.60. The van der Waals surface area contributed by atoms with E-state index in [0.717, 1.165) is 19.3 Å². The minimum atomic E-state index is -0.510. The summed E-state index contributed by atoms with van der Waals surface area (Å²) in [6, 6.07) is 4.89. The molecule has 3 aromatic heterocycles. The summed E-state index contributed by atoms with van der Waals surface area (Å²) in [6.07, 6.45) is 5.90. The van der Waals surface area contributed by atoms with E-state index in [0.29, 0.717) is 35.0 Å². The van der Waals surface area contributed by atoms with E-state index in [1.807, 2.05) is 0 Å². The van der Waals surface area contributed by atoms with Crippen molar-refractivity contribution in [3.05, 3.63) is 46.5 Å². The molecule has 11 nitrogen and oxygen atoms in total. The topological polar surface area (TPSA) is 135 Å². The molecular weight excluding hydrogens is 426 g/mol. The fourth-order valence-electron chi connectivity index (χ4n) is 4.32. The van der Waals surface area contributed by atoms with Crippen molar-refractivity contribution in [1.29, 1.82) is 0 Å². The van der Waals surface area contributed by atoms with E-state index >= 15 is 0 Å². The van der Waals surface area contributed by atoms with Crippen molar-refractivity contribution in [3.8, 4) is 0 Å². The molecule has 0 radical (unpaired) electrons. The van der Waals surface area contributed by atoms with Crippen LogP contribution in [0.15, 0.2) is 35.4 Å². The van der Waals surface area contributed by atoms with Gasteiger partial charge >= 0.3 is 0 Å². The third kappa shape index (κ3) is 3.72. The van der Waals surface area contributed by atoms with Crippen LogP contribution in [0.25, 0.3) is 5.65 Å². The summed E-state index contributed by atoms with van der Waals surface area (Å²) in [5.74, 6) is 0.721. The van der Waals surface area contributed by atoms with Crippen LogP contribution < -0.4 is 21.5 Å². The number of pyridine rings is 1. The molecule has 2 fully saturated rings. The van der Waals surface area contributed by atoms with E-state index in [4.69, 9.17) is 4.74 Å². The van der Waals surface area contributed by atoms with E-state index in [9.17, 15) is 14.7 Å². The number of aliphatic hydroxyl groups is 1. The van der Waals surface area contributed by atoms with E-state index in [1.54, 1.807) is 47.6 Å². The summed E-state index contributed by atoms with van der Waals surface area (Å²) in [5.41, 5.74) is 0.787. The molecule has 2 aliphatic rings. The number of rotatable bonds is 7. The summed E-state index contributed by atoms with van der Waals surface area (Å²) >= 11 is 0. The zero-order chi connectivity index (χ0) is 23.1. The van der Waals surface area contributed by atoms with Crippen molar-refractivity contribution >= 4 is 28.9 Å². The van der Waals surface area contributed by atoms with Gasteiger partial charge in [0, 0.05) is 26.4 Å². The molecule has 0 spiro atoms. The number of aromatic nitrogens is 4. The lowest BCUT2D eigenvalue weighted by Gasteiger charge is -2.35. The molecule has 33 heavy (non-hydrogen) atoms. The van der Waals surface area contributed by atoms with E-state index in [-0.39, 0.29) is 29.7 Å². The number of aliphatic hydroxyl groups excluding tert-OH is 1. The highest BCUT2D eigenvalue weighted by molar-refractivity contribution is 6.00. The monoisotopic (exact) mass is 453 g/mol. The predicted octanol–water partition coefficient (Wildman–Crippen LogP) is 1.28. The molecule has 2 aliphatic carbocycles. The number of nitrogens with one attached hydrogen (secondary N) is 3. The Labute approximate surface area is 189 Å². The highest BCUT2D eigenvalue weighted by atomic mass is 16.5. The minimum Gasteiger partial charge on any atom is -0.391 e. The van der Waals surface area contributed by atoms with Crippen LogP contribution in [0.1, 0.15) is 42.1 Å². The van der Waals surface area contributed by atoms with Crippen molar-refractivity contribution in [2.75, 3.05) is 24.8 Å². The van der Waals surface area contributed by atoms with Crippen LogP contribution in [0.5, 0.6) is 0 Å². The van der Waals surface area contributed by atoms with Gasteiger partial charge in [-0.05, 0) is 37.8 Å². The second-order valence-corrected chi connectivity index (χ2v) is 8.47. The fraction of sp³-hybridized carbons (Fsp3) is 0.455. The van der Waals surface area contributed by atoms with Crippen molar-refractivity contribution in [2.24, 2.45) is 0 Å². The van der Waals surface area contributed by atoms with Crippen LogP contribution in [-0.2, 0) is 4.74 Å². The van der Waals surface area contributed by atoms with Gasteiger partial charge in [-0.3, -0.25) is 9.59 Å². The molecule has 2 saturated carbocycles. The van der Waals surface area contributed by atoms with E-state index in [1.165, 1.54) is 6.20 Å². The molecule has 5 rings (SSSR count). The van der Waals surface area contributed by atoms with Gasteiger partial charge in [0.05, 0.1) is 30.5 Å². The van der Waals surface area contributed by atoms with Crippen molar-refractivity contribution in [2.45, 2.75) is 50.0 Å². The Balaban J connectivity index is 1.46. The lowest BCUT2D eigenvalue weighted by molar-refractivity contribution is 0.00732. The van der Waals surface area contributed by atoms with Gasteiger partial charge in [-0.1, -0.05) is 0 Å². The van der Waals surface area contributed by atoms with E-state index < -0.39 is 6.10 Å². The van der Waals surface area contributed by atoms with Crippen LogP contribution in [0.3, 0.4) is 0 Å². The highest BCUT2D eigenvalue weighted by Gasteiger charge is 2.33. The molecule has 0 bridgehead atoms. The maximum absolute atomic E-state index is 13.0. The first kappa shape index (κ1) is 21.4. The molecule has 4 N–H and O–H groups in total. The summed E-state index contributed by atoms with van der Waals surface area (Å²) in [7, 11) is 3.38. The number of fused-ring (bicyclic) bond motifs is 1. The standard InChI is InChI=1S/C22H27N7O4/c1-23-19-10-18(25-14-4-3-9-28(22(14)32)15-6-7-16(15)30)27-20-12(11-24-29(19)20)21(31)26-13-5-8-17(13)33-2/h3-4,9-11,13,15-17,23,30H,5-8H2,1-2H3,(H,25,27)(H,26,31)/t13-,15-,16?,17-/m0/s1. The Bertz CT molecular complexity index is 1250. The van der Waals surface area contributed by atoms with Crippen LogP contribution in [0.2, 0.25) is 0 Å². The van der Waals surface area contributed by atoms with Crippen molar-refractivity contribution < 1.29 is 14.6 Å². The molecule has 1 amide bonds. The van der Waals surface area contributed by atoms with Gasteiger partial charge in [-0.15, -0.1) is 0 Å². The average molecular weight is 454 g/mol. The number of methoxy groups -OCH3 is 1. The largest absolute Gasteiger partial charge is 0.391 e. The van der Waals surface area contributed by atoms with Gasteiger partial charge in [0.1, 0.15) is 22.9 Å². The molecule has 3 heterocycles. The molecule has 0 aromatic carbocycles. The number of anilines is 3. The van der Waals surface area contributed by atoms with Crippen molar-refractivity contribution in [1.82, 2.24) is 24.5 Å². The highest BCUT2D eigenvalue weighted by Crippen LogP contribution is 2.31. The van der Waals surface area contributed by atoms with Crippen LogP contribution in [-0.4, -0.2) is 62.6 Å². The van der Waals surface area contributed by atoms with Gasteiger partial charge in [0.15, 0.2) is 5.65 Å². The number of carbonyl (C=O) groups is 1. The summed E-state index contributed by atoms with van der Waals surface area (Å²) in [6.45, 7) is 0. The van der Waals surface area contributed by atoms with Gasteiger partial charge < -0.3 is 30.4 Å². The minimum absolute atomic E-state index is 0.0169. The smallest absolute Gasteiger partial charge is 0.274 e. The van der Waals surface area contributed by atoms with Gasteiger partial charge in [0.2, 0.25) is 0 Å². The SMILES string of the molecule is CNc1cc(Nc2cccn([C@H]3CCC3O)c2=O)nc2c(C(=O)N[C@H]3CC[C@@H]3OC)cnn12. The lowest BCUT2D eigenvalue weighted by atomic mass is 9.89. The average Bonchev–Trinajstić information content (AvgIpc) is 3.22. The number of nitrogens with zero attached hydrogens (tertiary/aromatic N) is 4. The number of carbonyl (C=O) groups excluding carboxylic acids is 1. The normalized spacial score (nSPS) is 24.1. The van der Waals surface area contributed by atoms with Gasteiger partial charge in [-0.2, -0.15) is 9.61 Å². The molecule has 4 atom stereocenters. The molecule has 174 valence electrons. The number of hydrogen-bond donors (Lipinski definition) is 4. The van der Waals surface area contributed by atoms with Crippen molar-refractivity contribution in [3.63, 3.8) is 0 Å². The number of amides is 1. The Morgan fingerprint density at radius 1 is 1.27 bits per heavy atom. The summed E-state index contributed by atoms with van der Waals surface area (Å²) < 4.78 is 8.46. The van der Waals surface area contributed by atoms with Crippen LogP contribution in [0.4, 0.5) is 17.3 Å². The summed E-state index contributed by atoms with van der Waals surface area (Å²) in [4.78, 5) is 30.5. The lowest BCUT2D eigenvalue weighted by Crippen LogP contribution is -2.51. The second kappa shape index (κ2) is 8.49. The maximum Gasteiger partial charge on any atom is 0.274 e. The Hall–Kier alpha value is -3.44. The van der Waals surface area contributed by atoms with E-state index in [2.05, 4.69) is 26.0 Å². The molecular formula is C22H27N7O4. The predicted molar refractivity (Wildman–Crippen MR) is 122 cm³/mol. The van der Waals surface area contributed by atoms with Crippen LogP contribution >= 0.6 is 0 Å². The molecule has 1 unspecified atom stereocenters. The third-order valence-electron chi connectivity index (χ3n) is 6.60. The summed E-state index contributed by atoms with van der Waals surface area (Å²) in [5, 5.41) is 23.4. The zero-order valence-electron chi connectivity index (χ0n) is 18.5. The molecule has 3 aromatic rings. The first-order valence-corrected chi connectivity index (χ1v) is 11.1. The first-order valence-electron chi connectivity index (χ1n) is 11.1. The second-order valence-electron chi connectivity index (χ2n) is 8.47. The quantitative estimate of drug-likeness (QED) is 0.420. The fourth-order valence-corrected chi connectivity index (χ4v) is 4.32. The number of hydrogen-bond acceptors (Lipinski definition) is 8. The maximum atomic E-state index is 13.0. The van der Waals surface area contributed by atoms with Crippen LogP contribution in [0, 0.1) is 0 Å². The Morgan fingerprint density at radius 3 is 2.76 bits per heavy atom. The Kier molecular flexibility index (Phi) is 5.51. The molecule has 0 aliphatic heterocycles. The molecule has 0 saturated heterocycles. The molecule has 11 heteroatoms. The number of ether oxygens (including phenoxy) is 1. The Morgan fingerprint density at radius 2 is 2.12 bits per heavy atom.